The van der Waals surface area contributed by atoms with Crippen molar-refractivity contribution in [1.29, 1.82) is 0 Å². The average molecular weight is 245 g/mol. The second-order valence-electron chi connectivity index (χ2n) is 4.18. The van der Waals surface area contributed by atoms with Crippen LogP contribution in [0.2, 0.25) is 5.15 Å². The normalized spacial score (nSPS) is 11.1. The Morgan fingerprint density at radius 3 is 2.56 bits per heavy atom. The van der Waals surface area contributed by atoms with Crippen molar-refractivity contribution in [3.05, 3.63) is 16.4 Å². The van der Waals surface area contributed by atoms with Gasteiger partial charge in [-0.25, -0.2) is 4.79 Å². The summed E-state index contributed by atoms with van der Waals surface area (Å²) in [4.78, 5) is 11.0. The third kappa shape index (κ3) is 2.76. The maximum atomic E-state index is 11.0. The summed E-state index contributed by atoms with van der Waals surface area (Å²) in [5, 5.41) is 13.5. The second kappa shape index (κ2) is 5.34. The van der Waals surface area contributed by atoms with Gasteiger partial charge in [0.15, 0.2) is 0 Å². The number of aromatic nitrogens is 2. The number of hydrogen-bond acceptors (Lipinski definition) is 2. The highest BCUT2D eigenvalue weighted by Crippen LogP contribution is 2.21. The van der Waals surface area contributed by atoms with E-state index in [9.17, 15) is 4.79 Å². The summed E-state index contributed by atoms with van der Waals surface area (Å²) in [6, 6.07) is 0. The number of carbonyl (C=O) groups is 1. The van der Waals surface area contributed by atoms with Crippen LogP contribution in [-0.2, 0) is 13.0 Å². The van der Waals surface area contributed by atoms with Crippen molar-refractivity contribution in [3.8, 4) is 0 Å². The number of hydrogen-bond donors (Lipinski definition) is 1. The Morgan fingerprint density at radius 1 is 1.56 bits per heavy atom. The first-order valence-corrected chi connectivity index (χ1v) is 5.83. The molecule has 1 N–H and O–H groups in total. The van der Waals surface area contributed by atoms with Gasteiger partial charge in [-0.3, -0.25) is 4.68 Å². The van der Waals surface area contributed by atoms with E-state index >= 15 is 0 Å². The minimum atomic E-state index is -1.00. The van der Waals surface area contributed by atoms with E-state index in [1.807, 2.05) is 6.92 Å². The van der Waals surface area contributed by atoms with Crippen LogP contribution in [0.5, 0.6) is 0 Å². The first-order chi connectivity index (χ1) is 7.47. The third-order valence-electron chi connectivity index (χ3n) is 2.43. The molecule has 1 aromatic heterocycles. The zero-order valence-corrected chi connectivity index (χ0v) is 10.6. The van der Waals surface area contributed by atoms with E-state index in [1.54, 1.807) is 4.68 Å². The fourth-order valence-corrected chi connectivity index (χ4v) is 1.79. The van der Waals surface area contributed by atoms with Crippen LogP contribution >= 0.6 is 11.6 Å². The summed E-state index contributed by atoms with van der Waals surface area (Å²) >= 11 is 6.01. The van der Waals surface area contributed by atoms with Gasteiger partial charge in [0.25, 0.3) is 0 Å². The van der Waals surface area contributed by atoms with Crippen LogP contribution in [-0.4, -0.2) is 20.9 Å². The lowest BCUT2D eigenvalue weighted by Gasteiger charge is -2.05. The molecule has 90 valence electrons. The van der Waals surface area contributed by atoms with Crippen LogP contribution in [0.15, 0.2) is 0 Å². The topological polar surface area (TPSA) is 55.1 Å². The van der Waals surface area contributed by atoms with E-state index in [4.69, 9.17) is 16.7 Å². The molecule has 0 fully saturated rings. The maximum absolute atomic E-state index is 11.0. The van der Waals surface area contributed by atoms with Crippen molar-refractivity contribution in [2.24, 2.45) is 5.92 Å². The number of carboxylic acids is 1. The molecule has 0 saturated heterocycles. The van der Waals surface area contributed by atoms with Crippen molar-refractivity contribution in [1.82, 2.24) is 9.78 Å². The van der Waals surface area contributed by atoms with Crippen molar-refractivity contribution >= 4 is 17.6 Å². The molecule has 4 nitrogen and oxygen atoms in total. The molecule has 0 radical (unpaired) electrons. The third-order valence-corrected chi connectivity index (χ3v) is 2.81. The smallest absolute Gasteiger partial charge is 0.340 e. The molecule has 1 aromatic rings. The number of halogens is 1. The van der Waals surface area contributed by atoms with Crippen molar-refractivity contribution in [3.63, 3.8) is 0 Å². The summed E-state index contributed by atoms with van der Waals surface area (Å²) in [5.74, 6) is -0.462. The van der Waals surface area contributed by atoms with Crippen LogP contribution in [0.3, 0.4) is 0 Å². The number of rotatable bonds is 5. The Bertz CT molecular complexity index is 386. The maximum Gasteiger partial charge on any atom is 0.340 e. The van der Waals surface area contributed by atoms with E-state index in [2.05, 4.69) is 18.9 Å². The Morgan fingerprint density at radius 2 is 2.19 bits per heavy atom. The van der Waals surface area contributed by atoms with Crippen LogP contribution < -0.4 is 0 Å². The van der Waals surface area contributed by atoms with E-state index in [-0.39, 0.29) is 10.7 Å². The molecular formula is C11H17ClN2O2. The van der Waals surface area contributed by atoms with Gasteiger partial charge in [-0.15, -0.1) is 0 Å². The van der Waals surface area contributed by atoms with Crippen LogP contribution in [0, 0.1) is 5.92 Å². The fraction of sp³-hybridized carbons (Fsp3) is 0.636. The fourth-order valence-electron chi connectivity index (χ4n) is 1.48. The number of aryl methyl sites for hydroxylation is 2. The zero-order chi connectivity index (χ0) is 12.3. The summed E-state index contributed by atoms with van der Waals surface area (Å²) in [5.41, 5.74) is 0.703. The lowest BCUT2D eigenvalue weighted by atomic mass is 10.1. The lowest BCUT2D eigenvalue weighted by molar-refractivity contribution is 0.0696. The van der Waals surface area contributed by atoms with E-state index in [0.717, 1.165) is 6.42 Å². The Kier molecular flexibility index (Phi) is 4.35. The molecule has 0 unspecified atom stereocenters. The summed E-state index contributed by atoms with van der Waals surface area (Å²) in [6.07, 6.45) is 1.51. The molecule has 0 aliphatic rings. The number of carboxylic acid groups (broad SMARTS) is 1. The van der Waals surface area contributed by atoms with Crippen molar-refractivity contribution in [2.75, 3.05) is 0 Å². The first-order valence-electron chi connectivity index (χ1n) is 5.45. The van der Waals surface area contributed by atoms with Gasteiger partial charge in [-0.1, -0.05) is 32.4 Å². The predicted molar refractivity (Wildman–Crippen MR) is 63.0 cm³/mol. The van der Waals surface area contributed by atoms with E-state index in [1.165, 1.54) is 0 Å². The van der Waals surface area contributed by atoms with E-state index in [0.29, 0.717) is 24.6 Å². The Hall–Kier alpha value is -1.03. The highest BCUT2D eigenvalue weighted by atomic mass is 35.5. The van der Waals surface area contributed by atoms with Crippen molar-refractivity contribution < 1.29 is 9.90 Å². The lowest BCUT2D eigenvalue weighted by Crippen LogP contribution is -2.04. The van der Waals surface area contributed by atoms with Crippen molar-refractivity contribution in [2.45, 2.75) is 40.2 Å². The van der Waals surface area contributed by atoms with E-state index < -0.39 is 5.97 Å². The largest absolute Gasteiger partial charge is 0.478 e. The van der Waals surface area contributed by atoms with Gasteiger partial charge in [0.05, 0.1) is 5.69 Å². The molecule has 0 saturated carbocycles. The van der Waals surface area contributed by atoms with Crippen LogP contribution in [0.1, 0.15) is 43.2 Å². The molecule has 5 heteroatoms. The zero-order valence-electron chi connectivity index (χ0n) is 9.83. The molecule has 0 aliphatic heterocycles. The van der Waals surface area contributed by atoms with Gasteiger partial charge in [0.2, 0.25) is 0 Å². The molecule has 0 amide bonds. The van der Waals surface area contributed by atoms with Gasteiger partial charge in [0.1, 0.15) is 10.7 Å². The monoisotopic (exact) mass is 244 g/mol. The second-order valence-corrected chi connectivity index (χ2v) is 4.53. The molecular weight excluding hydrogens is 228 g/mol. The quantitative estimate of drug-likeness (QED) is 0.867. The number of aromatic carboxylic acids is 1. The van der Waals surface area contributed by atoms with Gasteiger partial charge < -0.3 is 5.11 Å². The van der Waals surface area contributed by atoms with Gasteiger partial charge >= 0.3 is 5.97 Å². The summed E-state index contributed by atoms with van der Waals surface area (Å²) in [6.45, 7) is 6.75. The molecule has 0 aliphatic carbocycles. The minimum Gasteiger partial charge on any atom is -0.478 e. The van der Waals surface area contributed by atoms with Crippen LogP contribution in [0.4, 0.5) is 0 Å². The molecule has 0 aromatic carbocycles. The minimum absolute atomic E-state index is 0.146. The average Bonchev–Trinajstić information content (AvgIpc) is 2.52. The van der Waals surface area contributed by atoms with Gasteiger partial charge in [-0.05, 0) is 18.8 Å². The number of nitrogens with zero attached hydrogens (tertiary/aromatic N) is 2. The highest BCUT2D eigenvalue weighted by Gasteiger charge is 2.20. The summed E-state index contributed by atoms with van der Waals surface area (Å²) in [7, 11) is 0. The highest BCUT2D eigenvalue weighted by molar-refractivity contribution is 6.32. The predicted octanol–water partition coefficient (Wildman–Crippen LogP) is 2.84. The molecule has 0 spiro atoms. The van der Waals surface area contributed by atoms with Gasteiger partial charge in [0, 0.05) is 6.54 Å². The standard InChI is InChI=1S/C11H17ClN2O2/c1-4-8-9(11(15)16)10(12)14(13-8)6-5-7(2)3/h7H,4-6H2,1-3H3,(H,15,16). The molecule has 16 heavy (non-hydrogen) atoms. The summed E-state index contributed by atoms with van der Waals surface area (Å²) < 4.78 is 1.59. The molecule has 0 bridgehead atoms. The van der Waals surface area contributed by atoms with Gasteiger partial charge in [-0.2, -0.15) is 5.10 Å². The Labute approximate surface area is 100 Å². The molecule has 0 atom stereocenters. The first kappa shape index (κ1) is 13.0. The Balaban J connectivity index is 2.99. The van der Waals surface area contributed by atoms with Crippen LogP contribution in [0.25, 0.3) is 0 Å². The molecule has 1 rings (SSSR count). The SMILES string of the molecule is CCc1nn(CCC(C)C)c(Cl)c1C(=O)O. The molecule has 1 heterocycles.